The predicted molar refractivity (Wildman–Crippen MR) is 103 cm³/mol. The van der Waals surface area contributed by atoms with Gasteiger partial charge in [-0.1, -0.05) is 30.3 Å². The smallest absolute Gasteiger partial charge is 0.243 e. The molecule has 0 amide bonds. The molecule has 26 heavy (non-hydrogen) atoms. The second-order valence-electron chi connectivity index (χ2n) is 7.20. The van der Waals surface area contributed by atoms with Gasteiger partial charge in [-0.15, -0.1) is 0 Å². The largest absolute Gasteiger partial charge is 0.377 e. The van der Waals surface area contributed by atoms with Crippen LogP contribution < -0.4 is 0 Å². The summed E-state index contributed by atoms with van der Waals surface area (Å²) in [7, 11) is -3.43. The van der Waals surface area contributed by atoms with Gasteiger partial charge in [0.2, 0.25) is 10.0 Å². The van der Waals surface area contributed by atoms with Gasteiger partial charge in [0, 0.05) is 39.3 Å². The van der Waals surface area contributed by atoms with Crippen LogP contribution in [0.1, 0.15) is 19.3 Å². The van der Waals surface area contributed by atoms with Crippen molar-refractivity contribution in [1.29, 1.82) is 0 Å². The van der Waals surface area contributed by atoms with E-state index in [0.717, 1.165) is 49.9 Å². The van der Waals surface area contributed by atoms with E-state index in [2.05, 4.69) is 4.90 Å². The normalized spacial score (nSPS) is 23.3. The van der Waals surface area contributed by atoms with E-state index in [1.165, 1.54) is 6.42 Å². The zero-order valence-corrected chi connectivity index (χ0v) is 15.8. The molecule has 1 atom stereocenters. The Hall–Kier alpha value is -1.47. The molecule has 2 aliphatic rings. The van der Waals surface area contributed by atoms with Gasteiger partial charge in [0.25, 0.3) is 0 Å². The standard InChI is InChI=1S/C20H26N2O3S/c23-26(24,20-9-8-17-5-1-2-6-18(17)15-20)22-12-10-21(11-13-22)16-19-7-3-4-14-25-19/h1-2,5-6,8-9,15,19H,3-4,7,10-14,16H2/t19-/m0/s1. The Kier molecular flexibility index (Phi) is 5.27. The van der Waals surface area contributed by atoms with Crippen molar-refractivity contribution in [3.63, 3.8) is 0 Å². The molecular formula is C20H26N2O3S. The summed E-state index contributed by atoms with van der Waals surface area (Å²) in [5.74, 6) is 0. The molecule has 2 heterocycles. The minimum Gasteiger partial charge on any atom is -0.377 e. The number of ether oxygens (including phenoxy) is 1. The molecule has 2 fully saturated rings. The Labute approximate surface area is 155 Å². The molecule has 5 nitrogen and oxygen atoms in total. The van der Waals surface area contributed by atoms with Crippen LogP contribution in [0.3, 0.4) is 0 Å². The van der Waals surface area contributed by atoms with Gasteiger partial charge in [-0.05, 0) is 42.2 Å². The van der Waals surface area contributed by atoms with Gasteiger partial charge in [-0.2, -0.15) is 4.31 Å². The highest BCUT2D eigenvalue weighted by Gasteiger charge is 2.29. The third-order valence-electron chi connectivity index (χ3n) is 5.43. The molecule has 2 aliphatic heterocycles. The molecule has 0 unspecified atom stereocenters. The van der Waals surface area contributed by atoms with Gasteiger partial charge in [-0.25, -0.2) is 8.42 Å². The van der Waals surface area contributed by atoms with Crippen molar-refractivity contribution in [2.24, 2.45) is 0 Å². The number of rotatable bonds is 4. The first-order valence-corrected chi connectivity index (χ1v) is 10.9. The van der Waals surface area contributed by atoms with E-state index in [0.29, 0.717) is 24.1 Å². The maximum absolute atomic E-state index is 13.0. The van der Waals surface area contributed by atoms with E-state index in [4.69, 9.17) is 4.74 Å². The summed E-state index contributed by atoms with van der Waals surface area (Å²) in [6.07, 6.45) is 3.83. The number of sulfonamides is 1. The van der Waals surface area contributed by atoms with E-state index in [-0.39, 0.29) is 0 Å². The first kappa shape index (κ1) is 17.9. The van der Waals surface area contributed by atoms with Crippen molar-refractivity contribution in [2.75, 3.05) is 39.3 Å². The highest BCUT2D eigenvalue weighted by Crippen LogP contribution is 2.23. The van der Waals surface area contributed by atoms with E-state index in [1.807, 2.05) is 30.3 Å². The van der Waals surface area contributed by atoms with Gasteiger partial charge in [0.1, 0.15) is 0 Å². The number of benzene rings is 2. The van der Waals surface area contributed by atoms with Crippen molar-refractivity contribution < 1.29 is 13.2 Å². The minimum absolute atomic E-state index is 0.312. The summed E-state index contributed by atoms with van der Waals surface area (Å²) >= 11 is 0. The van der Waals surface area contributed by atoms with Crippen LogP contribution in [-0.2, 0) is 14.8 Å². The molecule has 0 radical (unpaired) electrons. The van der Waals surface area contributed by atoms with Crippen molar-refractivity contribution in [1.82, 2.24) is 9.21 Å². The molecule has 140 valence electrons. The fraction of sp³-hybridized carbons (Fsp3) is 0.500. The summed E-state index contributed by atoms with van der Waals surface area (Å²) in [5, 5.41) is 2.02. The zero-order chi connectivity index (χ0) is 18.0. The van der Waals surface area contributed by atoms with Gasteiger partial charge in [0.15, 0.2) is 0 Å². The van der Waals surface area contributed by atoms with Crippen molar-refractivity contribution in [2.45, 2.75) is 30.3 Å². The van der Waals surface area contributed by atoms with Crippen LogP contribution >= 0.6 is 0 Å². The molecule has 0 aromatic heterocycles. The Morgan fingerprint density at radius 2 is 1.73 bits per heavy atom. The summed E-state index contributed by atoms with van der Waals surface area (Å²) in [6.45, 7) is 4.41. The predicted octanol–water partition coefficient (Wildman–Crippen LogP) is 2.72. The van der Waals surface area contributed by atoms with Crippen LogP contribution in [0.5, 0.6) is 0 Å². The zero-order valence-electron chi connectivity index (χ0n) is 15.0. The summed E-state index contributed by atoms with van der Waals surface area (Å²) < 4.78 is 33.5. The van der Waals surface area contributed by atoms with Gasteiger partial charge in [-0.3, -0.25) is 4.90 Å². The summed E-state index contributed by atoms with van der Waals surface area (Å²) in [6, 6.07) is 13.2. The number of hydrogen-bond donors (Lipinski definition) is 0. The highest BCUT2D eigenvalue weighted by atomic mass is 32.2. The van der Waals surface area contributed by atoms with E-state index >= 15 is 0 Å². The third kappa shape index (κ3) is 3.78. The lowest BCUT2D eigenvalue weighted by Crippen LogP contribution is -2.50. The average Bonchev–Trinajstić information content (AvgIpc) is 2.69. The Morgan fingerprint density at radius 3 is 2.46 bits per heavy atom. The van der Waals surface area contributed by atoms with Crippen LogP contribution in [0, 0.1) is 0 Å². The number of nitrogens with zero attached hydrogens (tertiary/aromatic N) is 2. The van der Waals surface area contributed by atoms with Gasteiger partial charge >= 0.3 is 0 Å². The van der Waals surface area contributed by atoms with Crippen LogP contribution in [0.2, 0.25) is 0 Å². The fourth-order valence-corrected chi connectivity index (χ4v) is 5.33. The average molecular weight is 375 g/mol. The lowest BCUT2D eigenvalue weighted by Gasteiger charge is -2.36. The SMILES string of the molecule is O=S(=O)(c1ccc2ccccc2c1)N1CCN(C[C@@H]2CCCCO2)CC1. The maximum atomic E-state index is 13.0. The number of hydrogen-bond acceptors (Lipinski definition) is 4. The summed E-state index contributed by atoms with van der Waals surface area (Å²) in [5.41, 5.74) is 0. The lowest BCUT2D eigenvalue weighted by atomic mass is 10.1. The highest BCUT2D eigenvalue weighted by molar-refractivity contribution is 7.89. The maximum Gasteiger partial charge on any atom is 0.243 e. The van der Waals surface area contributed by atoms with Crippen molar-refractivity contribution in [3.05, 3.63) is 42.5 Å². The molecule has 0 bridgehead atoms. The topological polar surface area (TPSA) is 49.9 Å². The van der Waals surface area contributed by atoms with E-state index < -0.39 is 10.0 Å². The molecular weight excluding hydrogens is 348 g/mol. The molecule has 4 rings (SSSR count). The first-order chi connectivity index (χ1) is 12.6. The molecule has 2 aromatic carbocycles. The first-order valence-electron chi connectivity index (χ1n) is 9.46. The molecule has 0 aliphatic carbocycles. The Morgan fingerprint density at radius 1 is 0.962 bits per heavy atom. The molecule has 0 spiro atoms. The van der Waals surface area contributed by atoms with Gasteiger partial charge < -0.3 is 4.74 Å². The van der Waals surface area contributed by atoms with Crippen molar-refractivity contribution in [3.8, 4) is 0 Å². The van der Waals surface area contributed by atoms with E-state index in [1.54, 1.807) is 16.4 Å². The minimum atomic E-state index is -3.43. The van der Waals surface area contributed by atoms with E-state index in [9.17, 15) is 8.42 Å². The fourth-order valence-electron chi connectivity index (χ4n) is 3.87. The summed E-state index contributed by atoms with van der Waals surface area (Å²) in [4.78, 5) is 2.72. The van der Waals surface area contributed by atoms with Crippen LogP contribution in [0.4, 0.5) is 0 Å². The Bertz CT molecular complexity index is 854. The molecule has 2 aromatic rings. The lowest BCUT2D eigenvalue weighted by molar-refractivity contribution is -0.0103. The quantitative estimate of drug-likeness (QED) is 0.826. The van der Waals surface area contributed by atoms with Crippen LogP contribution in [0.15, 0.2) is 47.4 Å². The number of fused-ring (bicyclic) bond motifs is 1. The second kappa shape index (κ2) is 7.64. The number of piperazine rings is 1. The van der Waals surface area contributed by atoms with Crippen molar-refractivity contribution >= 4 is 20.8 Å². The van der Waals surface area contributed by atoms with Gasteiger partial charge in [0.05, 0.1) is 11.0 Å². The van der Waals surface area contributed by atoms with Crippen LogP contribution in [0.25, 0.3) is 10.8 Å². The Balaban J connectivity index is 1.42. The monoisotopic (exact) mass is 374 g/mol. The molecule has 6 heteroatoms. The molecule has 2 saturated heterocycles. The van der Waals surface area contributed by atoms with Crippen LogP contribution in [-0.4, -0.2) is 63.1 Å². The second-order valence-corrected chi connectivity index (χ2v) is 9.14. The molecule has 0 saturated carbocycles. The third-order valence-corrected chi connectivity index (χ3v) is 7.32. The molecule has 0 N–H and O–H groups in total.